The Hall–Kier alpha value is -2.24. The molecule has 0 bridgehead atoms. The van der Waals surface area contributed by atoms with E-state index in [4.69, 9.17) is 0 Å². The molecule has 1 atom stereocenters. The second-order valence-electron chi connectivity index (χ2n) is 6.61. The molecule has 1 aliphatic rings. The van der Waals surface area contributed by atoms with Crippen LogP contribution in [0.25, 0.3) is 10.9 Å². The van der Waals surface area contributed by atoms with Crippen LogP contribution in [0, 0.1) is 18.3 Å². The number of carbonyl (C=O) groups is 1. The molecule has 23 heavy (non-hydrogen) atoms. The number of alkyl halides is 2. The molecule has 2 aromatic rings. The number of amides is 1. The van der Waals surface area contributed by atoms with Crippen molar-refractivity contribution < 1.29 is 13.6 Å². The van der Waals surface area contributed by atoms with Crippen LogP contribution in [0.1, 0.15) is 29.8 Å². The first kappa shape index (κ1) is 15.6. The number of halogens is 2. The van der Waals surface area contributed by atoms with Gasteiger partial charge >= 0.3 is 0 Å². The van der Waals surface area contributed by atoms with Crippen molar-refractivity contribution in [3.8, 4) is 0 Å². The van der Waals surface area contributed by atoms with Crippen molar-refractivity contribution in [2.75, 3.05) is 6.54 Å². The summed E-state index contributed by atoms with van der Waals surface area (Å²) < 4.78 is 27.2. The zero-order valence-electron chi connectivity index (χ0n) is 13.2. The Kier molecular flexibility index (Phi) is 3.32. The summed E-state index contributed by atoms with van der Waals surface area (Å²) in [5.74, 6) is -4.15. The van der Waals surface area contributed by atoms with Crippen molar-refractivity contribution >= 4 is 16.8 Å². The summed E-state index contributed by atoms with van der Waals surface area (Å²) >= 11 is 0. The maximum Gasteiger partial charge on any atom is 0.258 e. The van der Waals surface area contributed by atoms with Crippen LogP contribution in [0.2, 0.25) is 0 Å². The topological polar surface area (TPSA) is 62.0 Å². The second kappa shape index (κ2) is 4.88. The van der Waals surface area contributed by atoms with Crippen LogP contribution in [-0.4, -0.2) is 23.4 Å². The molecule has 1 fully saturated rings. The van der Waals surface area contributed by atoms with Crippen molar-refractivity contribution in [1.82, 2.24) is 10.3 Å². The monoisotopic (exact) mass is 320 g/mol. The number of aromatic nitrogens is 1. The number of para-hydroxylation sites is 1. The van der Waals surface area contributed by atoms with Crippen LogP contribution in [-0.2, 0) is 0 Å². The maximum atomic E-state index is 13.6. The fourth-order valence-electron chi connectivity index (χ4n) is 3.06. The van der Waals surface area contributed by atoms with Gasteiger partial charge in [-0.05, 0) is 13.0 Å². The highest BCUT2D eigenvalue weighted by Gasteiger charge is 2.74. The largest absolute Gasteiger partial charge is 0.351 e. The molecule has 0 unspecified atom stereocenters. The van der Waals surface area contributed by atoms with Crippen molar-refractivity contribution in [2.24, 2.45) is 11.3 Å². The molecule has 1 amide bonds. The molecule has 6 heteroatoms. The van der Waals surface area contributed by atoms with Gasteiger partial charge in [0, 0.05) is 28.4 Å². The van der Waals surface area contributed by atoms with E-state index in [9.17, 15) is 18.4 Å². The standard InChI is InChI=1S/C17H18F2N2O2/c1-9-13(10-6-4-5-7-11(10)21-14(9)22)15(23)20-8-12-16(2,3)17(12,18)19/h4-7,12H,8H2,1-3H3,(H,20,23)(H,21,22)/t12-/m0/s1. The minimum Gasteiger partial charge on any atom is -0.351 e. The van der Waals surface area contributed by atoms with Crippen LogP contribution in [0.4, 0.5) is 8.78 Å². The SMILES string of the molecule is Cc1c(C(=O)NC[C@H]2C(C)(C)C2(F)F)c2ccccc2[nH]c1=O. The van der Waals surface area contributed by atoms with Crippen LogP contribution in [0.5, 0.6) is 0 Å². The zero-order chi connectivity index (χ0) is 17.0. The van der Waals surface area contributed by atoms with Crippen LogP contribution in [0.15, 0.2) is 29.1 Å². The van der Waals surface area contributed by atoms with Crippen molar-refractivity contribution in [3.05, 3.63) is 45.7 Å². The van der Waals surface area contributed by atoms with E-state index in [0.29, 0.717) is 10.9 Å². The summed E-state index contributed by atoms with van der Waals surface area (Å²) in [4.78, 5) is 27.1. The minimum atomic E-state index is -2.77. The molecule has 3 rings (SSSR count). The summed E-state index contributed by atoms with van der Waals surface area (Å²) in [7, 11) is 0. The number of rotatable bonds is 3. The summed E-state index contributed by atoms with van der Waals surface area (Å²) in [6.45, 7) is 4.41. The number of nitrogens with one attached hydrogen (secondary N) is 2. The van der Waals surface area contributed by atoms with Gasteiger partial charge in [-0.3, -0.25) is 9.59 Å². The molecule has 1 heterocycles. The van der Waals surface area contributed by atoms with Crippen LogP contribution in [0.3, 0.4) is 0 Å². The Morgan fingerprint density at radius 3 is 2.52 bits per heavy atom. The molecule has 0 aliphatic heterocycles. The van der Waals surface area contributed by atoms with E-state index >= 15 is 0 Å². The number of carbonyl (C=O) groups excluding carboxylic acids is 1. The zero-order valence-corrected chi connectivity index (χ0v) is 13.2. The van der Waals surface area contributed by atoms with Gasteiger partial charge in [0.05, 0.1) is 11.5 Å². The molecule has 1 aliphatic carbocycles. The highest BCUT2D eigenvalue weighted by Crippen LogP contribution is 2.65. The van der Waals surface area contributed by atoms with E-state index in [0.717, 1.165) is 0 Å². The molecule has 1 saturated carbocycles. The fraction of sp³-hybridized carbons (Fsp3) is 0.412. The first-order chi connectivity index (χ1) is 10.7. The van der Waals surface area contributed by atoms with E-state index in [1.807, 2.05) is 0 Å². The predicted molar refractivity (Wildman–Crippen MR) is 83.9 cm³/mol. The number of H-pyrrole nitrogens is 1. The number of hydrogen-bond acceptors (Lipinski definition) is 2. The molecular formula is C17H18F2N2O2. The Labute approximate surface area is 131 Å². The molecular weight excluding hydrogens is 302 g/mol. The second-order valence-corrected chi connectivity index (χ2v) is 6.61. The molecule has 0 radical (unpaired) electrons. The highest BCUT2D eigenvalue weighted by molar-refractivity contribution is 6.07. The van der Waals surface area contributed by atoms with Gasteiger partial charge in [0.2, 0.25) is 0 Å². The molecule has 2 N–H and O–H groups in total. The minimum absolute atomic E-state index is 0.112. The number of fused-ring (bicyclic) bond motifs is 1. The number of pyridine rings is 1. The van der Waals surface area contributed by atoms with Crippen molar-refractivity contribution in [3.63, 3.8) is 0 Å². The third kappa shape index (κ3) is 2.24. The lowest BCUT2D eigenvalue weighted by atomic mass is 10.0. The molecule has 4 nitrogen and oxygen atoms in total. The van der Waals surface area contributed by atoms with Gasteiger partial charge in [0.25, 0.3) is 17.4 Å². The Bertz CT molecular complexity index is 841. The van der Waals surface area contributed by atoms with Gasteiger partial charge in [-0.2, -0.15) is 0 Å². The van der Waals surface area contributed by atoms with Gasteiger partial charge in [0.15, 0.2) is 0 Å². The molecule has 1 aromatic carbocycles. The van der Waals surface area contributed by atoms with Gasteiger partial charge in [-0.1, -0.05) is 32.0 Å². The van der Waals surface area contributed by atoms with E-state index in [1.165, 1.54) is 13.8 Å². The molecule has 122 valence electrons. The Balaban J connectivity index is 1.90. The van der Waals surface area contributed by atoms with Gasteiger partial charge in [-0.15, -0.1) is 0 Å². The van der Waals surface area contributed by atoms with Gasteiger partial charge in [-0.25, -0.2) is 8.78 Å². The lowest BCUT2D eigenvalue weighted by Gasteiger charge is -2.10. The molecule has 0 spiro atoms. The predicted octanol–water partition coefficient (Wildman–Crippen LogP) is 2.86. The fourth-order valence-corrected chi connectivity index (χ4v) is 3.06. The van der Waals surface area contributed by atoms with Crippen LogP contribution < -0.4 is 10.9 Å². The highest BCUT2D eigenvalue weighted by atomic mass is 19.3. The Morgan fingerprint density at radius 2 is 1.91 bits per heavy atom. The molecule has 0 saturated heterocycles. The maximum absolute atomic E-state index is 13.6. The Morgan fingerprint density at radius 1 is 1.30 bits per heavy atom. The van der Waals surface area contributed by atoms with E-state index in [2.05, 4.69) is 10.3 Å². The van der Waals surface area contributed by atoms with E-state index in [1.54, 1.807) is 31.2 Å². The average molecular weight is 320 g/mol. The third-order valence-electron chi connectivity index (χ3n) is 4.94. The quantitative estimate of drug-likeness (QED) is 0.913. The average Bonchev–Trinajstić information content (AvgIpc) is 2.87. The van der Waals surface area contributed by atoms with Crippen molar-refractivity contribution in [1.29, 1.82) is 0 Å². The van der Waals surface area contributed by atoms with E-state index in [-0.39, 0.29) is 23.2 Å². The summed E-state index contributed by atoms with van der Waals surface area (Å²) in [5, 5.41) is 3.16. The van der Waals surface area contributed by atoms with Gasteiger partial charge in [0.1, 0.15) is 0 Å². The third-order valence-corrected chi connectivity index (χ3v) is 4.94. The first-order valence-electron chi connectivity index (χ1n) is 7.45. The normalized spacial score (nSPS) is 21.2. The van der Waals surface area contributed by atoms with Gasteiger partial charge < -0.3 is 10.3 Å². The van der Waals surface area contributed by atoms with E-state index < -0.39 is 23.2 Å². The summed E-state index contributed by atoms with van der Waals surface area (Å²) in [6, 6.07) is 6.94. The lowest BCUT2D eigenvalue weighted by molar-refractivity contribution is 0.0661. The number of hydrogen-bond donors (Lipinski definition) is 2. The lowest BCUT2D eigenvalue weighted by Crippen LogP contribution is -2.30. The molecule has 1 aromatic heterocycles. The first-order valence-corrected chi connectivity index (χ1v) is 7.45. The number of benzene rings is 1. The smallest absolute Gasteiger partial charge is 0.258 e. The number of aromatic amines is 1. The summed E-state index contributed by atoms with van der Waals surface area (Å²) in [5.41, 5.74) is -0.392. The van der Waals surface area contributed by atoms with Crippen molar-refractivity contribution in [2.45, 2.75) is 26.7 Å². The summed E-state index contributed by atoms with van der Waals surface area (Å²) in [6.07, 6.45) is 0. The van der Waals surface area contributed by atoms with Crippen LogP contribution >= 0.6 is 0 Å².